The van der Waals surface area contributed by atoms with Crippen molar-refractivity contribution in [3.63, 3.8) is 0 Å². The lowest BCUT2D eigenvalue weighted by molar-refractivity contribution is 0.0441. The van der Waals surface area contributed by atoms with Crippen molar-refractivity contribution in [2.24, 2.45) is 0 Å². The van der Waals surface area contributed by atoms with E-state index in [-0.39, 0.29) is 0 Å². The fourth-order valence-corrected chi connectivity index (χ4v) is 3.14. The van der Waals surface area contributed by atoms with Crippen LogP contribution < -0.4 is 10.2 Å². The molecule has 0 spiro atoms. The number of thioether (sulfide) groups is 1. The summed E-state index contributed by atoms with van der Waals surface area (Å²) in [4.78, 5) is 1.97. The van der Waals surface area contributed by atoms with Gasteiger partial charge in [0.1, 0.15) is 0 Å². The molecule has 1 aromatic heterocycles. The first-order valence-corrected chi connectivity index (χ1v) is 7.02. The summed E-state index contributed by atoms with van der Waals surface area (Å²) in [7, 11) is 3.95. The van der Waals surface area contributed by atoms with Crippen LogP contribution in [0.25, 0.3) is 0 Å². The van der Waals surface area contributed by atoms with E-state index in [1.165, 1.54) is 0 Å². The van der Waals surface area contributed by atoms with Crippen LogP contribution >= 0.6 is 23.1 Å². The Morgan fingerprint density at radius 1 is 1.56 bits per heavy atom. The molecule has 1 aliphatic heterocycles. The second-order valence-electron chi connectivity index (χ2n) is 3.75. The minimum absolute atomic E-state index is 0.297. The highest BCUT2D eigenvalue weighted by Gasteiger charge is 2.15. The van der Waals surface area contributed by atoms with E-state index in [2.05, 4.69) is 15.5 Å². The number of anilines is 1. The zero-order valence-electron chi connectivity index (χ0n) is 9.47. The molecule has 0 aromatic carbocycles. The standard InChI is InChI=1S/C9H16N4OS2/c1-13(2)8-11-12-9(16-8)15-6-7-5-10-3-4-14-7/h7,10H,3-6H2,1-2H3. The highest BCUT2D eigenvalue weighted by molar-refractivity contribution is 8.01. The summed E-state index contributed by atoms with van der Waals surface area (Å²) in [6.45, 7) is 2.71. The van der Waals surface area contributed by atoms with Crippen molar-refractivity contribution in [3.8, 4) is 0 Å². The number of hydrogen-bond acceptors (Lipinski definition) is 7. The Balaban J connectivity index is 1.79. The van der Waals surface area contributed by atoms with Crippen LogP contribution in [0.1, 0.15) is 0 Å². The molecule has 5 nitrogen and oxygen atoms in total. The van der Waals surface area contributed by atoms with Crippen LogP contribution in [0.15, 0.2) is 4.34 Å². The minimum Gasteiger partial charge on any atom is -0.375 e. The third-order valence-electron chi connectivity index (χ3n) is 2.18. The van der Waals surface area contributed by atoms with Crippen molar-refractivity contribution in [2.75, 3.05) is 44.4 Å². The SMILES string of the molecule is CN(C)c1nnc(SCC2CNCCO2)s1. The van der Waals surface area contributed by atoms with Crippen molar-refractivity contribution in [3.05, 3.63) is 0 Å². The predicted octanol–water partition coefficient (Wildman–Crippen LogP) is 0.685. The van der Waals surface area contributed by atoms with Gasteiger partial charge in [-0.3, -0.25) is 0 Å². The number of rotatable bonds is 4. The molecule has 0 bridgehead atoms. The summed E-state index contributed by atoms with van der Waals surface area (Å²) >= 11 is 3.34. The second-order valence-corrected chi connectivity index (χ2v) is 5.98. The van der Waals surface area contributed by atoms with E-state index in [4.69, 9.17) is 4.74 Å². The molecule has 90 valence electrons. The average Bonchev–Trinajstić information content (AvgIpc) is 2.76. The maximum atomic E-state index is 5.62. The molecule has 7 heteroatoms. The molecule has 1 aromatic rings. The predicted molar refractivity (Wildman–Crippen MR) is 67.6 cm³/mol. The fraction of sp³-hybridized carbons (Fsp3) is 0.778. The Bertz CT molecular complexity index is 325. The second kappa shape index (κ2) is 5.81. The normalized spacial score (nSPS) is 21.0. The lowest BCUT2D eigenvalue weighted by Crippen LogP contribution is -2.39. The van der Waals surface area contributed by atoms with Crippen molar-refractivity contribution >= 4 is 28.2 Å². The zero-order valence-corrected chi connectivity index (χ0v) is 11.1. The van der Waals surface area contributed by atoms with Crippen molar-refractivity contribution < 1.29 is 4.74 Å². The summed E-state index contributed by atoms with van der Waals surface area (Å²) in [6.07, 6.45) is 0.297. The highest BCUT2D eigenvalue weighted by atomic mass is 32.2. The van der Waals surface area contributed by atoms with Gasteiger partial charge >= 0.3 is 0 Å². The van der Waals surface area contributed by atoms with Gasteiger partial charge in [-0.1, -0.05) is 23.1 Å². The average molecular weight is 260 g/mol. The molecule has 1 unspecified atom stereocenters. The van der Waals surface area contributed by atoms with Crippen LogP contribution in [0.2, 0.25) is 0 Å². The Morgan fingerprint density at radius 3 is 3.06 bits per heavy atom. The number of hydrogen-bond donors (Lipinski definition) is 1. The molecule has 0 saturated carbocycles. The molecule has 1 N–H and O–H groups in total. The van der Waals surface area contributed by atoms with Gasteiger partial charge in [-0.05, 0) is 0 Å². The summed E-state index contributed by atoms with van der Waals surface area (Å²) in [6, 6.07) is 0. The largest absolute Gasteiger partial charge is 0.375 e. The van der Waals surface area contributed by atoms with Gasteiger partial charge in [-0.15, -0.1) is 10.2 Å². The number of nitrogens with one attached hydrogen (secondary N) is 1. The molecule has 2 rings (SSSR count). The van der Waals surface area contributed by atoms with Crippen molar-refractivity contribution in [2.45, 2.75) is 10.4 Å². The molecule has 16 heavy (non-hydrogen) atoms. The number of nitrogens with zero attached hydrogens (tertiary/aromatic N) is 3. The molecule has 0 aliphatic carbocycles. The molecule has 1 aliphatic rings. The van der Waals surface area contributed by atoms with Crippen LogP contribution in [0.3, 0.4) is 0 Å². The van der Waals surface area contributed by atoms with Crippen LogP contribution in [0.4, 0.5) is 5.13 Å². The molecule has 1 atom stereocenters. The molecule has 1 saturated heterocycles. The molecule has 2 heterocycles. The first-order chi connectivity index (χ1) is 7.75. The first kappa shape index (κ1) is 12.1. The van der Waals surface area contributed by atoms with Gasteiger partial charge in [0.2, 0.25) is 5.13 Å². The smallest absolute Gasteiger partial charge is 0.208 e. The number of ether oxygens (including phenoxy) is 1. The minimum atomic E-state index is 0.297. The molecular weight excluding hydrogens is 244 g/mol. The van der Waals surface area contributed by atoms with Gasteiger partial charge in [-0.25, -0.2) is 0 Å². The lowest BCUT2D eigenvalue weighted by Gasteiger charge is -2.22. The lowest BCUT2D eigenvalue weighted by atomic mass is 10.3. The van der Waals surface area contributed by atoms with E-state index in [0.717, 1.165) is 34.9 Å². The Labute approximate surface area is 104 Å². The Hall–Kier alpha value is -0.370. The van der Waals surface area contributed by atoms with Crippen LogP contribution in [-0.4, -0.2) is 55.8 Å². The van der Waals surface area contributed by atoms with E-state index in [9.17, 15) is 0 Å². The highest BCUT2D eigenvalue weighted by Crippen LogP contribution is 2.27. The van der Waals surface area contributed by atoms with Crippen LogP contribution in [0.5, 0.6) is 0 Å². The van der Waals surface area contributed by atoms with Gasteiger partial charge in [0.15, 0.2) is 4.34 Å². The third kappa shape index (κ3) is 3.31. The van der Waals surface area contributed by atoms with Gasteiger partial charge in [0.05, 0.1) is 12.7 Å². The Kier molecular flexibility index (Phi) is 4.39. The summed E-state index contributed by atoms with van der Waals surface area (Å²) in [5.74, 6) is 0.940. The van der Waals surface area contributed by atoms with Gasteiger partial charge in [0, 0.05) is 32.9 Å². The molecular formula is C9H16N4OS2. The van der Waals surface area contributed by atoms with E-state index in [1.54, 1.807) is 23.1 Å². The molecule has 1 fully saturated rings. The van der Waals surface area contributed by atoms with E-state index in [1.807, 2.05) is 19.0 Å². The third-order valence-corrected chi connectivity index (χ3v) is 4.53. The molecule has 0 radical (unpaired) electrons. The van der Waals surface area contributed by atoms with E-state index >= 15 is 0 Å². The maximum absolute atomic E-state index is 5.62. The zero-order chi connectivity index (χ0) is 11.4. The molecule has 0 amide bonds. The van der Waals surface area contributed by atoms with Crippen LogP contribution in [0, 0.1) is 0 Å². The quantitative estimate of drug-likeness (QED) is 0.804. The summed E-state index contributed by atoms with van der Waals surface area (Å²) in [5, 5.41) is 12.5. The van der Waals surface area contributed by atoms with E-state index in [0.29, 0.717) is 6.10 Å². The maximum Gasteiger partial charge on any atom is 0.208 e. The first-order valence-electron chi connectivity index (χ1n) is 5.21. The topological polar surface area (TPSA) is 50.3 Å². The summed E-state index contributed by atoms with van der Waals surface area (Å²) < 4.78 is 6.63. The van der Waals surface area contributed by atoms with Crippen LogP contribution in [-0.2, 0) is 4.74 Å². The van der Waals surface area contributed by atoms with Gasteiger partial charge in [-0.2, -0.15) is 0 Å². The Morgan fingerprint density at radius 2 is 2.44 bits per heavy atom. The number of morpholine rings is 1. The van der Waals surface area contributed by atoms with Crippen molar-refractivity contribution in [1.82, 2.24) is 15.5 Å². The number of aromatic nitrogens is 2. The van der Waals surface area contributed by atoms with Gasteiger partial charge in [0.25, 0.3) is 0 Å². The van der Waals surface area contributed by atoms with Crippen molar-refractivity contribution in [1.29, 1.82) is 0 Å². The summed E-state index contributed by atoms with van der Waals surface area (Å²) in [5.41, 5.74) is 0. The fourth-order valence-electron chi connectivity index (χ4n) is 1.33. The van der Waals surface area contributed by atoms with Gasteiger partial charge < -0.3 is 15.0 Å². The van der Waals surface area contributed by atoms with E-state index < -0.39 is 0 Å². The monoisotopic (exact) mass is 260 g/mol.